The van der Waals surface area contributed by atoms with Crippen LogP contribution in [-0.4, -0.2) is 24.2 Å². The van der Waals surface area contributed by atoms with Crippen molar-refractivity contribution in [1.82, 2.24) is 10.3 Å². The summed E-state index contributed by atoms with van der Waals surface area (Å²) in [5.41, 5.74) is 1.87. The van der Waals surface area contributed by atoms with Crippen LogP contribution in [0.25, 0.3) is 10.2 Å². The van der Waals surface area contributed by atoms with E-state index in [9.17, 15) is 4.79 Å². The smallest absolute Gasteiger partial charge is 0.413 e. The Labute approximate surface area is 148 Å². The van der Waals surface area contributed by atoms with E-state index in [-0.39, 0.29) is 6.61 Å². The molecule has 0 aliphatic carbocycles. The van der Waals surface area contributed by atoms with Gasteiger partial charge in [-0.2, -0.15) is 0 Å². The first-order valence-corrected chi connectivity index (χ1v) is 8.65. The molecule has 2 N–H and O–H groups in total. The summed E-state index contributed by atoms with van der Waals surface area (Å²) in [6, 6.07) is 15.3. The van der Waals surface area contributed by atoms with E-state index in [2.05, 4.69) is 15.6 Å². The summed E-state index contributed by atoms with van der Waals surface area (Å²) in [4.78, 5) is 16.1. The van der Waals surface area contributed by atoms with Crippen molar-refractivity contribution >= 4 is 44.4 Å². The van der Waals surface area contributed by atoms with Gasteiger partial charge in [-0.25, -0.2) is 9.78 Å². The molecule has 0 saturated carbocycles. The predicted molar refractivity (Wildman–Crippen MR) is 97.7 cm³/mol. The van der Waals surface area contributed by atoms with Crippen molar-refractivity contribution in [2.75, 3.05) is 18.5 Å². The molecule has 0 spiro atoms. The number of hydrogen-bond donors (Lipinski definition) is 2. The molecule has 124 valence electrons. The van der Waals surface area contributed by atoms with Gasteiger partial charge in [0.2, 0.25) is 0 Å². The second-order valence-corrected chi connectivity index (χ2v) is 6.45. The molecule has 7 heteroatoms. The first kappa shape index (κ1) is 16.7. The third-order valence-corrected chi connectivity index (χ3v) is 4.61. The summed E-state index contributed by atoms with van der Waals surface area (Å²) < 4.78 is 6.15. The zero-order valence-corrected chi connectivity index (χ0v) is 14.4. The van der Waals surface area contributed by atoms with Crippen molar-refractivity contribution in [2.45, 2.75) is 6.54 Å². The molecule has 0 radical (unpaired) electrons. The fraction of sp³-hybridized carbons (Fsp3) is 0.176. The number of carbonyl (C=O) groups is 1. The molecular weight excluding hydrogens is 346 g/mol. The summed E-state index contributed by atoms with van der Waals surface area (Å²) in [6.07, 6.45) is -0.506. The van der Waals surface area contributed by atoms with Crippen molar-refractivity contribution in [3.05, 3.63) is 59.1 Å². The number of benzene rings is 2. The molecule has 24 heavy (non-hydrogen) atoms. The number of anilines is 1. The van der Waals surface area contributed by atoms with Crippen LogP contribution in [0.3, 0.4) is 0 Å². The minimum Gasteiger partial charge on any atom is -0.448 e. The Morgan fingerprint density at radius 1 is 1.17 bits per heavy atom. The maximum Gasteiger partial charge on any atom is 0.413 e. The van der Waals surface area contributed by atoms with Gasteiger partial charge in [-0.15, -0.1) is 0 Å². The molecule has 3 rings (SSSR count). The fourth-order valence-corrected chi connectivity index (χ4v) is 3.18. The van der Waals surface area contributed by atoms with Gasteiger partial charge in [-0.1, -0.05) is 53.3 Å². The highest BCUT2D eigenvalue weighted by atomic mass is 35.5. The Morgan fingerprint density at radius 2 is 1.96 bits per heavy atom. The Hall–Kier alpha value is -2.15. The lowest BCUT2D eigenvalue weighted by Gasteiger charge is -2.07. The first-order chi connectivity index (χ1) is 11.7. The van der Waals surface area contributed by atoms with Crippen molar-refractivity contribution in [1.29, 1.82) is 0 Å². The molecular formula is C17H16ClN3O2S. The third kappa shape index (κ3) is 4.44. The second kappa shape index (κ2) is 8.10. The number of nitrogens with zero attached hydrogens (tertiary/aromatic N) is 1. The molecule has 1 aromatic heterocycles. The van der Waals surface area contributed by atoms with Crippen LogP contribution in [-0.2, 0) is 11.3 Å². The molecule has 1 heterocycles. The van der Waals surface area contributed by atoms with Crippen molar-refractivity contribution in [3.8, 4) is 0 Å². The number of para-hydroxylation sites is 1. The SMILES string of the molecule is O=C(Nc1nc2ccccc2s1)OCCNCc1ccccc1Cl. The Morgan fingerprint density at radius 3 is 2.79 bits per heavy atom. The second-order valence-electron chi connectivity index (χ2n) is 5.02. The summed E-state index contributed by atoms with van der Waals surface area (Å²) in [5, 5.41) is 7.08. The van der Waals surface area contributed by atoms with E-state index in [1.54, 1.807) is 0 Å². The van der Waals surface area contributed by atoms with Crippen molar-refractivity contribution < 1.29 is 9.53 Å². The molecule has 2 aromatic carbocycles. The van der Waals surface area contributed by atoms with Gasteiger partial charge in [0.05, 0.1) is 10.2 Å². The molecule has 5 nitrogen and oxygen atoms in total. The van der Waals surface area contributed by atoms with Gasteiger partial charge < -0.3 is 10.1 Å². The maximum atomic E-state index is 11.8. The normalized spacial score (nSPS) is 10.7. The number of amides is 1. The molecule has 0 atom stereocenters. The molecule has 0 unspecified atom stereocenters. The largest absolute Gasteiger partial charge is 0.448 e. The van der Waals surface area contributed by atoms with Crippen molar-refractivity contribution in [2.24, 2.45) is 0 Å². The number of rotatable bonds is 6. The van der Waals surface area contributed by atoms with E-state index in [4.69, 9.17) is 16.3 Å². The highest BCUT2D eigenvalue weighted by Crippen LogP contribution is 2.25. The number of nitrogens with one attached hydrogen (secondary N) is 2. The molecule has 0 fully saturated rings. The number of fused-ring (bicyclic) bond motifs is 1. The van der Waals surface area contributed by atoms with E-state index < -0.39 is 6.09 Å². The first-order valence-electron chi connectivity index (χ1n) is 7.46. The predicted octanol–water partition coefficient (Wildman–Crippen LogP) is 4.29. The van der Waals surface area contributed by atoms with Crippen LogP contribution in [0.2, 0.25) is 5.02 Å². The lowest BCUT2D eigenvalue weighted by Crippen LogP contribution is -2.23. The number of aromatic nitrogens is 1. The fourth-order valence-electron chi connectivity index (χ4n) is 2.13. The van der Waals surface area contributed by atoms with Crippen LogP contribution in [0.5, 0.6) is 0 Å². The van der Waals surface area contributed by atoms with Crippen LogP contribution in [0.15, 0.2) is 48.5 Å². The average Bonchev–Trinajstić information content (AvgIpc) is 2.98. The number of carbonyl (C=O) groups excluding carboxylic acids is 1. The summed E-state index contributed by atoms with van der Waals surface area (Å²) in [5.74, 6) is 0. The number of thiazole rings is 1. The van der Waals surface area contributed by atoms with Gasteiger partial charge in [0.1, 0.15) is 6.61 Å². The molecule has 0 aliphatic heterocycles. The molecule has 1 amide bonds. The maximum absolute atomic E-state index is 11.8. The number of hydrogen-bond acceptors (Lipinski definition) is 5. The quantitative estimate of drug-likeness (QED) is 0.643. The topological polar surface area (TPSA) is 63.2 Å². The van der Waals surface area contributed by atoms with Crippen LogP contribution >= 0.6 is 22.9 Å². The van der Waals surface area contributed by atoms with Gasteiger partial charge in [0.25, 0.3) is 0 Å². The Kier molecular flexibility index (Phi) is 5.63. The highest BCUT2D eigenvalue weighted by Gasteiger charge is 2.08. The summed E-state index contributed by atoms with van der Waals surface area (Å²) in [6.45, 7) is 1.43. The van der Waals surface area contributed by atoms with Crippen molar-refractivity contribution in [3.63, 3.8) is 0 Å². The lowest BCUT2D eigenvalue weighted by molar-refractivity contribution is 0.162. The Bertz CT molecular complexity index is 804. The van der Waals surface area contributed by atoms with E-state index in [1.807, 2.05) is 48.5 Å². The minimum atomic E-state index is -0.506. The summed E-state index contributed by atoms with van der Waals surface area (Å²) in [7, 11) is 0. The molecule has 0 bridgehead atoms. The Balaban J connectivity index is 1.39. The standard InChI is InChI=1S/C17H16ClN3O2S/c18-13-6-2-1-5-12(13)11-19-9-10-23-17(22)21-16-20-14-7-3-4-8-15(14)24-16/h1-8,19H,9-11H2,(H,20,21,22). The molecule has 3 aromatic rings. The number of halogens is 1. The van der Waals surface area contributed by atoms with E-state index >= 15 is 0 Å². The van der Waals surface area contributed by atoms with Gasteiger partial charge in [-0.3, -0.25) is 5.32 Å². The van der Waals surface area contributed by atoms with Gasteiger partial charge >= 0.3 is 6.09 Å². The third-order valence-electron chi connectivity index (χ3n) is 3.29. The van der Waals surface area contributed by atoms with Gasteiger partial charge in [-0.05, 0) is 23.8 Å². The highest BCUT2D eigenvalue weighted by molar-refractivity contribution is 7.22. The van der Waals surface area contributed by atoms with Crippen LogP contribution in [0, 0.1) is 0 Å². The molecule has 0 saturated heterocycles. The minimum absolute atomic E-state index is 0.265. The van der Waals surface area contributed by atoms with E-state index in [0.717, 1.165) is 20.8 Å². The zero-order chi connectivity index (χ0) is 16.8. The monoisotopic (exact) mass is 361 g/mol. The van der Waals surface area contributed by atoms with Gasteiger partial charge in [0.15, 0.2) is 5.13 Å². The van der Waals surface area contributed by atoms with Crippen LogP contribution in [0.1, 0.15) is 5.56 Å². The zero-order valence-electron chi connectivity index (χ0n) is 12.8. The van der Waals surface area contributed by atoms with E-state index in [1.165, 1.54) is 11.3 Å². The lowest BCUT2D eigenvalue weighted by atomic mass is 10.2. The van der Waals surface area contributed by atoms with Gasteiger partial charge in [0, 0.05) is 18.1 Å². The van der Waals surface area contributed by atoms with Crippen LogP contribution < -0.4 is 10.6 Å². The van der Waals surface area contributed by atoms with Crippen LogP contribution in [0.4, 0.5) is 9.93 Å². The molecule has 0 aliphatic rings. The van der Waals surface area contributed by atoms with E-state index in [0.29, 0.717) is 18.2 Å². The summed E-state index contributed by atoms with van der Waals surface area (Å²) >= 11 is 7.48. The average molecular weight is 362 g/mol. The number of ether oxygens (including phenoxy) is 1.